The molecule has 0 radical (unpaired) electrons. The molecule has 0 aliphatic heterocycles. The number of nitro groups is 1. The number of amides is 2. The number of halogens is 1. The van der Waals surface area contributed by atoms with Crippen LogP contribution in [-0.2, 0) is 4.79 Å². The number of nitro benzene ring substituents is 1. The van der Waals surface area contributed by atoms with Crippen molar-refractivity contribution in [3.8, 4) is 5.75 Å². The lowest BCUT2D eigenvalue weighted by Crippen LogP contribution is -2.14. The van der Waals surface area contributed by atoms with Gasteiger partial charge in [0.05, 0.1) is 22.2 Å². The van der Waals surface area contributed by atoms with Crippen molar-refractivity contribution in [1.82, 2.24) is 0 Å². The van der Waals surface area contributed by atoms with Crippen LogP contribution in [0.2, 0.25) is 5.02 Å². The zero-order chi connectivity index (χ0) is 20.0. The number of anilines is 2. The summed E-state index contributed by atoms with van der Waals surface area (Å²) in [5.74, 6) is -0.680. The predicted molar refractivity (Wildman–Crippen MR) is 103 cm³/mol. The number of rotatable bonds is 7. The van der Waals surface area contributed by atoms with E-state index in [9.17, 15) is 19.7 Å². The Balaban J connectivity index is 2.26. The van der Waals surface area contributed by atoms with E-state index in [0.29, 0.717) is 12.1 Å². The molecule has 2 amide bonds. The first kappa shape index (κ1) is 20.2. The average molecular weight is 392 g/mol. The van der Waals surface area contributed by atoms with Crippen LogP contribution in [0.1, 0.15) is 30.6 Å². The van der Waals surface area contributed by atoms with E-state index >= 15 is 0 Å². The first-order chi connectivity index (χ1) is 12.8. The van der Waals surface area contributed by atoms with Crippen LogP contribution in [0.25, 0.3) is 0 Å². The zero-order valence-electron chi connectivity index (χ0n) is 14.7. The molecule has 142 valence electrons. The molecule has 0 unspecified atom stereocenters. The van der Waals surface area contributed by atoms with Crippen LogP contribution in [-0.4, -0.2) is 23.3 Å². The molecule has 0 bridgehead atoms. The van der Waals surface area contributed by atoms with E-state index in [1.807, 2.05) is 0 Å². The third kappa shape index (κ3) is 5.18. The van der Waals surface area contributed by atoms with E-state index in [4.69, 9.17) is 16.3 Å². The molecular formula is C18H18ClN3O5. The molecule has 27 heavy (non-hydrogen) atoms. The van der Waals surface area contributed by atoms with Crippen LogP contribution >= 0.6 is 11.6 Å². The molecule has 2 rings (SSSR count). The summed E-state index contributed by atoms with van der Waals surface area (Å²) in [7, 11) is 0. The molecule has 0 spiro atoms. The van der Waals surface area contributed by atoms with Crippen molar-refractivity contribution in [2.45, 2.75) is 20.3 Å². The summed E-state index contributed by atoms with van der Waals surface area (Å²) in [4.78, 5) is 34.6. The fourth-order valence-corrected chi connectivity index (χ4v) is 2.39. The lowest BCUT2D eigenvalue weighted by atomic mass is 10.1. The van der Waals surface area contributed by atoms with Gasteiger partial charge in [-0.05, 0) is 37.3 Å². The first-order valence-corrected chi connectivity index (χ1v) is 8.55. The van der Waals surface area contributed by atoms with Gasteiger partial charge in [-0.15, -0.1) is 0 Å². The summed E-state index contributed by atoms with van der Waals surface area (Å²) in [6.45, 7) is 3.68. The molecule has 2 aromatic carbocycles. The molecule has 0 aliphatic rings. The SMILES string of the molecule is CCOc1ccc(C(=O)Nc2cc(NC(=O)CC)ccc2Cl)cc1[N+](=O)[O-]. The van der Waals surface area contributed by atoms with Crippen molar-refractivity contribution in [1.29, 1.82) is 0 Å². The number of carbonyl (C=O) groups excluding carboxylic acids is 2. The van der Waals surface area contributed by atoms with Gasteiger partial charge < -0.3 is 15.4 Å². The van der Waals surface area contributed by atoms with Gasteiger partial charge in [0.15, 0.2) is 5.75 Å². The predicted octanol–water partition coefficient (Wildman–Crippen LogP) is 4.25. The second-order valence-electron chi connectivity index (χ2n) is 5.42. The van der Waals surface area contributed by atoms with E-state index < -0.39 is 10.8 Å². The normalized spacial score (nSPS) is 10.2. The highest BCUT2D eigenvalue weighted by atomic mass is 35.5. The summed E-state index contributed by atoms with van der Waals surface area (Å²) in [6.07, 6.45) is 0.306. The van der Waals surface area contributed by atoms with Gasteiger partial charge in [0, 0.05) is 23.7 Å². The topological polar surface area (TPSA) is 111 Å². The molecule has 2 aromatic rings. The van der Waals surface area contributed by atoms with Crippen LogP contribution < -0.4 is 15.4 Å². The Morgan fingerprint density at radius 3 is 2.52 bits per heavy atom. The van der Waals surface area contributed by atoms with E-state index in [2.05, 4.69) is 10.6 Å². The lowest BCUT2D eigenvalue weighted by Gasteiger charge is -2.11. The fourth-order valence-electron chi connectivity index (χ4n) is 2.22. The Morgan fingerprint density at radius 2 is 1.89 bits per heavy atom. The number of ether oxygens (including phenoxy) is 1. The quantitative estimate of drug-likeness (QED) is 0.541. The maximum atomic E-state index is 12.5. The summed E-state index contributed by atoms with van der Waals surface area (Å²) >= 11 is 6.09. The highest BCUT2D eigenvalue weighted by Crippen LogP contribution is 2.30. The van der Waals surface area contributed by atoms with Crippen molar-refractivity contribution in [3.63, 3.8) is 0 Å². The minimum absolute atomic E-state index is 0.0733. The lowest BCUT2D eigenvalue weighted by molar-refractivity contribution is -0.385. The van der Waals surface area contributed by atoms with Gasteiger partial charge in [-0.3, -0.25) is 19.7 Å². The van der Waals surface area contributed by atoms with Crippen LogP contribution in [0, 0.1) is 10.1 Å². The van der Waals surface area contributed by atoms with Gasteiger partial charge in [0.25, 0.3) is 5.91 Å². The highest BCUT2D eigenvalue weighted by molar-refractivity contribution is 6.34. The Labute approximate surface area is 160 Å². The number of carbonyl (C=O) groups is 2. The zero-order valence-corrected chi connectivity index (χ0v) is 15.5. The molecule has 0 heterocycles. The number of nitrogens with one attached hydrogen (secondary N) is 2. The molecular weight excluding hydrogens is 374 g/mol. The largest absolute Gasteiger partial charge is 0.487 e. The van der Waals surface area contributed by atoms with Gasteiger partial charge >= 0.3 is 5.69 Å². The van der Waals surface area contributed by atoms with E-state index in [1.165, 1.54) is 24.3 Å². The third-order valence-electron chi connectivity index (χ3n) is 3.54. The molecule has 0 aromatic heterocycles. The summed E-state index contributed by atoms with van der Waals surface area (Å²) in [5.41, 5.74) is 0.509. The summed E-state index contributed by atoms with van der Waals surface area (Å²) in [6, 6.07) is 8.57. The Morgan fingerprint density at radius 1 is 1.15 bits per heavy atom. The molecule has 2 N–H and O–H groups in total. The molecule has 0 fully saturated rings. The minimum Gasteiger partial charge on any atom is -0.487 e. The molecule has 0 saturated heterocycles. The Kier molecular flexibility index (Phi) is 6.73. The highest BCUT2D eigenvalue weighted by Gasteiger charge is 2.19. The number of benzene rings is 2. The van der Waals surface area contributed by atoms with E-state index in [-0.39, 0.29) is 40.2 Å². The van der Waals surface area contributed by atoms with Crippen molar-refractivity contribution >= 4 is 40.5 Å². The van der Waals surface area contributed by atoms with Gasteiger partial charge in [-0.25, -0.2) is 0 Å². The van der Waals surface area contributed by atoms with Gasteiger partial charge in [0.1, 0.15) is 0 Å². The van der Waals surface area contributed by atoms with Gasteiger partial charge in [0.2, 0.25) is 5.91 Å². The summed E-state index contributed by atoms with van der Waals surface area (Å²) < 4.78 is 5.20. The average Bonchev–Trinajstić information content (AvgIpc) is 2.64. The molecule has 0 aliphatic carbocycles. The first-order valence-electron chi connectivity index (χ1n) is 8.17. The molecule has 8 nitrogen and oxygen atoms in total. The Hall–Kier alpha value is -3.13. The van der Waals surface area contributed by atoms with E-state index in [1.54, 1.807) is 19.9 Å². The molecule has 0 atom stereocenters. The maximum absolute atomic E-state index is 12.5. The van der Waals surface area contributed by atoms with Crippen molar-refractivity contribution < 1.29 is 19.2 Å². The van der Waals surface area contributed by atoms with Crippen LogP contribution in [0.4, 0.5) is 17.1 Å². The number of hydrogen-bond donors (Lipinski definition) is 2. The maximum Gasteiger partial charge on any atom is 0.311 e. The molecule has 0 saturated carbocycles. The van der Waals surface area contributed by atoms with Gasteiger partial charge in [-0.2, -0.15) is 0 Å². The standard InChI is InChI=1S/C18H18ClN3O5/c1-3-17(23)20-12-6-7-13(19)14(10-12)21-18(24)11-5-8-16(27-4-2)15(9-11)22(25)26/h5-10H,3-4H2,1-2H3,(H,20,23)(H,21,24). The van der Waals surface area contributed by atoms with E-state index in [0.717, 1.165) is 6.07 Å². The third-order valence-corrected chi connectivity index (χ3v) is 3.87. The second kappa shape index (κ2) is 9.00. The smallest absolute Gasteiger partial charge is 0.311 e. The van der Waals surface area contributed by atoms with Crippen molar-refractivity contribution in [2.24, 2.45) is 0 Å². The van der Waals surface area contributed by atoms with Crippen molar-refractivity contribution in [3.05, 3.63) is 57.1 Å². The minimum atomic E-state index is -0.615. The summed E-state index contributed by atoms with van der Waals surface area (Å²) in [5, 5.41) is 16.7. The monoisotopic (exact) mass is 391 g/mol. The number of nitrogens with zero attached hydrogens (tertiary/aromatic N) is 1. The van der Waals surface area contributed by atoms with Gasteiger partial charge in [-0.1, -0.05) is 18.5 Å². The molecule has 9 heteroatoms. The van der Waals surface area contributed by atoms with Crippen LogP contribution in [0.3, 0.4) is 0 Å². The Bertz CT molecular complexity index is 885. The van der Waals surface area contributed by atoms with Crippen LogP contribution in [0.5, 0.6) is 5.75 Å². The fraction of sp³-hybridized carbons (Fsp3) is 0.222. The van der Waals surface area contributed by atoms with Crippen molar-refractivity contribution in [2.75, 3.05) is 17.2 Å². The van der Waals surface area contributed by atoms with Crippen LogP contribution in [0.15, 0.2) is 36.4 Å². The number of hydrogen-bond acceptors (Lipinski definition) is 5. The second-order valence-corrected chi connectivity index (χ2v) is 5.83.